The fourth-order valence-electron chi connectivity index (χ4n) is 3.06. The Morgan fingerprint density at radius 2 is 1.72 bits per heavy atom. The number of nitrogens with one attached hydrogen (secondary N) is 2. The van der Waals surface area contributed by atoms with Gasteiger partial charge in [-0.3, -0.25) is 10.1 Å². The number of nitrogens with zero attached hydrogens (tertiary/aromatic N) is 1. The summed E-state index contributed by atoms with van der Waals surface area (Å²) in [6.07, 6.45) is 0. The number of aromatic nitrogens is 1. The van der Waals surface area contributed by atoms with E-state index in [-0.39, 0.29) is 5.56 Å². The Morgan fingerprint density at radius 3 is 2.44 bits per heavy atom. The van der Waals surface area contributed by atoms with Crippen molar-refractivity contribution in [1.29, 1.82) is 0 Å². The van der Waals surface area contributed by atoms with Crippen molar-refractivity contribution in [3.63, 3.8) is 0 Å². The van der Waals surface area contributed by atoms with Crippen LogP contribution in [0.15, 0.2) is 48.5 Å². The number of amides is 3. The number of esters is 1. The molecule has 166 valence electrons. The van der Waals surface area contributed by atoms with Crippen LogP contribution in [0.3, 0.4) is 0 Å². The molecule has 32 heavy (non-hydrogen) atoms. The quantitative estimate of drug-likeness (QED) is 0.546. The molecule has 0 radical (unpaired) electrons. The Morgan fingerprint density at radius 1 is 0.969 bits per heavy atom. The molecule has 0 fully saturated rings. The largest absolute Gasteiger partial charge is 0.493 e. The number of rotatable bonds is 7. The topological polar surface area (TPSA) is 116 Å². The number of hydrogen-bond donors (Lipinski definition) is 2. The first-order chi connectivity index (χ1) is 15.5. The monoisotopic (exact) mass is 437 g/mol. The number of urea groups is 1. The van der Waals surface area contributed by atoms with Gasteiger partial charge in [0.25, 0.3) is 5.91 Å². The lowest BCUT2D eigenvalue weighted by atomic mass is 10.0. The molecule has 2 N–H and O–H groups in total. The number of carbonyl (C=O) groups is 3. The van der Waals surface area contributed by atoms with E-state index >= 15 is 0 Å². The lowest BCUT2D eigenvalue weighted by molar-refractivity contribution is -0.123. The van der Waals surface area contributed by atoms with Crippen LogP contribution in [0.25, 0.3) is 22.2 Å². The first-order valence-corrected chi connectivity index (χ1v) is 9.83. The van der Waals surface area contributed by atoms with E-state index in [4.69, 9.17) is 14.2 Å². The number of ether oxygens (including phenoxy) is 3. The molecule has 0 bridgehead atoms. The number of imide groups is 1. The summed E-state index contributed by atoms with van der Waals surface area (Å²) < 4.78 is 15.8. The number of carbonyl (C=O) groups excluding carboxylic acids is 3. The molecule has 1 aromatic heterocycles. The second kappa shape index (κ2) is 10.3. The minimum Gasteiger partial charge on any atom is -0.493 e. The van der Waals surface area contributed by atoms with Crippen molar-refractivity contribution in [2.45, 2.75) is 6.92 Å². The van der Waals surface area contributed by atoms with Gasteiger partial charge in [0, 0.05) is 17.5 Å². The maximum Gasteiger partial charge on any atom is 0.339 e. The van der Waals surface area contributed by atoms with Crippen molar-refractivity contribution in [3.05, 3.63) is 54.1 Å². The van der Waals surface area contributed by atoms with Gasteiger partial charge in [0.1, 0.15) is 0 Å². The zero-order chi connectivity index (χ0) is 23.1. The van der Waals surface area contributed by atoms with E-state index in [9.17, 15) is 14.4 Å². The van der Waals surface area contributed by atoms with Gasteiger partial charge in [-0.05, 0) is 37.3 Å². The number of benzene rings is 2. The lowest BCUT2D eigenvalue weighted by Crippen LogP contribution is -2.41. The van der Waals surface area contributed by atoms with Crippen molar-refractivity contribution in [2.24, 2.45) is 0 Å². The predicted molar refractivity (Wildman–Crippen MR) is 118 cm³/mol. The third kappa shape index (κ3) is 5.12. The second-order valence-corrected chi connectivity index (χ2v) is 6.63. The molecule has 3 rings (SSSR count). The van der Waals surface area contributed by atoms with Crippen molar-refractivity contribution in [2.75, 3.05) is 27.4 Å². The summed E-state index contributed by atoms with van der Waals surface area (Å²) in [5, 5.41) is 5.08. The summed E-state index contributed by atoms with van der Waals surface area (Å²) in [4.78, 5) is 40.7. The fraction of sp³-hybridized carbons (Fsp3) is 0.217. The van der Waals surface area contributed by atoms with Gasteiger partial charge >= 0.3 is 12.0 Å². The Balaban J connectivity index is 1.91. The van der Waals surface area contributed by atoms with Crippen LogP contribution in [0.1, 0.15) is 17.3 Å². The summed E-state index contributed by atoms with van der Waals surface area (Å²) >= 11 is 0. The summed E-state index contributed by atoms with van der Waals surface area (Å²) in [5.41, 5.74) is 2.05. The van der Waals surface area contributed by atoms with Gasteiger partial charge in [-0.2, -0.15) is 0 Å². The first kappa shape index (κ1) is 22.5. The first-order valence-electron chi connectivity index (χ1n) is 9.83. The molecule has 0 saturated heterocycles. The summed E-state index contributed by atoms with van der Waals surface area (Å²) in [7, 11) is 3.08. The van der Waals surface area contributed by atoms with Gasteiger partial charge < -0.3 is 19.5 Å². The molecule has 0 atom stereocenters. The highest BCUT2D eigenvalue weighted by atomic mass is 16.5. The van der Waals surface area contributed by atoms with Crippen LogP contribution in [0.5, 0.6) is 11.5 Å². The highest BCUT2D eigenvalue weighted by Gasteiger charge is 2.18. The molecule has 3 amide bonds. The van der Waals surface area contributed by atoms with Gasteiger partial charge in [0.05, 0.1) is 31.0 Å². The maximum absolute atomic E-state index is 12.8. The Labute approximate surface area is 184 Å². The molecule has 0 aliphatic rings. The number of fused-ring (bicyclic) bond motifs is 1. The molecule has 0 spiro atoms. The van der Waals surface area contributed by atoms with E-state index < -0.39 is 24.5 Å². The predicted octanol–water partition coefficient (Wildman–Crippen LogP) is 2.92. The van der Waals surface area contributed by atoms with Gasteiger partial charge in [-0.25, -0.2) is 14.6 Å². The Hall–Kier alpha value is -4.14. The molecule has 3 aromatic rings. The minimum atomic E-state index is -0.734. The van der Waals surface area contributed by atoms with Crippen molar-refractivity contribution < 1.29 is 28.6 Å². The molecule has 0 saturated carbocycles. The van der Waals surface area contributed by atoms with Crippen molar-refractivity contribution in [3.8, 4) is 22.8 Å². The van der Waals surface area contributed by atoms with Gasteiger partial charge in [0.15, 0.2) is 18.1 Å². The summed E-state index contributed by atoms with van der Waals surface area (Å²) in [6.45, 7) is 1.48. The molecular formula is C23H23N3O6. The van der Waals surface area contributed by atoms with E-state index in [1.54, 1.807) is 56.5 Å². The molecule has 0 aliphatic carbocycles. The standard InChI is InChI=1S/C23H23N3O6/c1-4-24-23(29)26-21(27)13-32-22(28)16-12-18(25-17-8-6-5-7-15(16)17)14-9-10-19(30-2)20(11-14)31-3/h5-12H,4,13H2,1-3H3,(H2,24,26,27,29). The highest BCUT2D eigenvalue weighted by Crippen LogP contribution is 2.33. The number of hydrogen-bond acceptors (Lipinski definition) is 7. The van der Waals surface area contributed by atoms with Crippen LogP contribution in [-0.4, -0.2) is 50.3 Å². The summed E-state index contributed by atoms with van der Waals surface area (Å²) in [5.74, 6) is -0.361. The molecule has 2 aromatic carbocycles. The third-order valence-corrected chi connectivity index (χ3v) is 4.54. The Bertz CT molecular complexity index is 1160. The number of pyridine rings is 1. The number of methoxy groups -OCH3 is 2. The minimum absolute atomic E-state index is 0.242. The van der Waals surface area contributed by atoms with Crippen molar-refractivity contribution in [1.82, 2.24) is 15.6 Å². The summed E-state index contributed by atoms with van der Waals surface area (Å²) in [6, 6.07) is 13.3. The SMILES string of the molecule is CCNC(=O)NC(=O)COC(=O)c1cc(-c2ccc(OC)c(OC)c2)nc2ccccc12. The van der Waals surface area contributed by atoms with Crippen LogP contribution in [0.2, 0.25) is 0 Å². The van der Waals surface area contributed by atoms with E-state index in [0.717, 1.165) is 0 Å². The normalized spacial score (nSPS) is 10.3. The molecule has 0 aliphatic heterocycles. The Kier molecular flexibility index (Phi) is 7.22. The van der Waals surface area contributed by atoms with Gasteiger partial charge in [0.2, 0.25) is 0 Å². The van der Waals surface area contributed by atoms with Crippen LogP contribution in [-0.2, 0) is 9.53 Å². The average Bonchev–Trinajstić information content (AvgIpc) is 2.81. The van der Waals surface area contributed by atoms with Crippen LogP contribution in [0, 0.1) is 0 Å². The number of para-hydroxylation sites is 1. The maximum atomic E-state index is 12.8. The van der Waals surface area contributed by atoms with Crippen LogP contribution >= 0.6 is 0 Å². The smallest absolute Gasteiger partial charge is 0.339 e. The van der Waals surface area contributed by atoms with Gasteiger partial charge in [-0.1, -0.05) is 18.2 Å². The fourth-order valence-corrected chi connectivity index (χ4v) is 3.06. The zero-order valence-corrected chi connectivity index (χ0v) is 17.9. The second-order valence-electron chi connectivity index (χ2n) is 6.63. The molecular weight excluding hydrogens is 414 g/mol. The van der Waals surface area contributed by atoms with Crippen molar-refractivity contribution >= 4 is 28.8 Å². The molecule has 9 heteroatoms. The van der Waals surface area contributed by atoms with E-state index in [0.29, 0.717) is 40.2 Å². The van der Waals surface area contributed by atoms with Crippen LogP contribution < -0.4 is 20.1 Å². The zero-order valence-electron chi connectivity index (χ0n) is 17.9. The highest BCUT2D eigenvalue weighted by molar-refractivity contribution is 6.05. The molecule has 9 nitrogen and oxygen atoms in total. The van der Waals surface area contributed by atoms with Gasteiger partial charge in [-0.15, -0.1) is 0 Å². The molecule has 0 unspecified atom stereocenters. The third-order valence-electron chi connectivity index (χ3n) is 4.54. The molecule has 1 heterocycles. The van der Waals surface area contributed by atoms with E-state index in [2.05, 4.69) is 15.6 Å². The van der Waals surface area contributed by atoms with E-state index in [1.165, 1.54) is 7.11 Å². The average molecular weight is 437 g/mol. The van der Waals surface area contributed by atoms with E-state index in [1.807, 2.05) is 6.07 Å². The van der Waals surface area contributed by atoms with Crippen LogP contribution in [0.4, 0.5) is 4.79 Å². The lowest BCUT2D eigenvalue weighted by Gasteiger charge is -2.12.